The van der Waals surface area contributed by atoms with E-state index in [2.05, 4.69) is 33.0 Å². The number of ether oxygens (including phenoxy) is 1. The van der Waals surface area contributed by atoms with Crippen molar-refractivity contribution in [2.45, 2.75) is 34.1 Å². The molecule has 1 fully saturated rings. The third-order valence-corrected chi connectivity index (χ3v) is 3.60. The monoisotopic (exact) mass is 199 g/mol. The van der Waals surface area contributed by atoms with Gasteiger partial charge >= 0.3 is 0 Å². The molecule has 1 aliphatic rings. The first-order valence-corrected chi connectivity index (χ1v) is 5.81. The van der Waals surface area contributed by atoms with Crippen molar-refractivity contribution in [1.29, 1.82) is 0 Å². The highest BCUT2D eigenvalue weighted by Gasteiger charge is 2.22. The Labute approximate surface area is 88.4 Å². The Morgan fingerprint density at radius 2 is 2.14 bits per heavy atom. The van der Waals surface area contributed by atoms with E-state index in [9.17, 15) is 0 Å². The fraction of sp³-hybridized carbons (Fsp3) is 1.00. The molecule has 0 saturated carbocycles. The lowest BCUT2D eigenvalue weighted by Crippen LogP contribution is -2.36. The minimum atomic E-state index is 0.402. The van der Waals surface area contributed by atoms with Crippen LogP contribution < -0.4 is 5.32 Å². The molecule has 0 radical (unpaired) electrons. The summed E-state index contributed by atoms with van der Waals surface area (Å²) in [5.41, 5.74) is 0.402. The van der Waals surface area contributed by atoms with Crippen LogP contribution in [0.15, 0.2) is 0 Å². The van der Waals surface area contributed by atoms with Crippen LogP contribution in [0.4, 0.5) is 0 Å². The van der Waals surface area contributed by atoms with Gasteiger partial charge in [0.2, 0.25) is 0 Å². The van der Waals surface area contributed by atoms with Gasteiger partial charge in [0.05, 0.1) is 6.61 Å². The maximum Gasteiger partial charge on any atom is 0.0507 e. The molecule has 84 valence electrons. The molecule has 14 heavy (non-hydrogen) atoms. The second-order valence-electron chi connectivity index (χ2n) is 5.50. The van der Waals surface area contributed by atoms with Gasteiger partial charge in [-0.05, 0) is 23.7 Å². The van der Waals surface area contributed by atoms with Crippen molar-refractivity contribution >= 4 is 0 Å². The van der Waals surface area contributed by atoms with Gasteiger partial charge in [0.15, 0.2) is 0 Å². The van der Waals surface area contributed by atoms with Crippen LogP contribution in [0.5, 0.6) is 0 Å². The van der Waals surface area contributed by atoms with Crippen LogP contribution >= 0.6 is 0 Å². The van der Waals surface area contributed by atoms with Crippen LogP contribution in [-0.4, -0.2) is 26.3 Å². The maximum absolute atomic E-state index is 5.35. The molecule has 2 heteroatoms. The third kappa shape index (κ3) is 3.58. The second kappa shape index (κ2) is 5.13. The minimum absolute atomic E-state index is 0.402. The Morgan fingerprint density at radius 3 is 2.64 bits per heavy atom. The van der Waals surface area contributed by atoms with Crippen molar-refractivity contribution in [3.63, 3.8) is 0 Å². The SMILES string of the molecule is CC(C)C(C)(C)CNCC1CCOC1. The summed E-state index contributed by atoms with van der Waals surface area (Å²) in [7, 11) is 0. The van der Waals surface area contributed by atoms with Gasteiger partial charge in [0.25, 0.3) is 0 Å². The van der Waals surface area contributed by atoms with E-state index in [0.29, 0.717) is 5.41 Å². The molecule has 1 unspecified atom stereocenters. The third-order valence-electron chi connectivity index (χ3n) is 3.60. The van der Waals surface area contributed by atoms with Crippen molar-refractivity contribution in [3.8, 4) is 0 Å². The van der Waals surface area contributed by atoms with E-state index in [0.717, 1.165) is 38.1 Å². The molecular formula is C12H25NO. The van der Waals surface area contributed by atoms with Gasteiger partial charge in [-0.15, -0.1) is 0 Å². The molecule has 0 bridgehead atoms. The summed E-state index contributed by atoms with van der Waals surface area (Å²) < 4.78 is 5.35. The first kappa shape index (κ1) is 12.0. The van der Waals surface area contributed by atoms with E-state index >= 15 is 0 Å². The largest absolute Gasteiger partial charge is 0.381 e. The fourth-order valence-electron chi connectivity index (χ4n) is 1.55. The van der Waals surface area contributed by atoms with Gasteiger partial charge in [0.1, 0.15) is 0 Å². The summed E-state index contributed by atoms with van der Waals surface area (Å²) in [5.74, 6) is 1.48. The summed E-state index contributed by atoms with van der Waals surface area (Å²) in [6.45, 7) is 13.4. The molecule has 1 rings (SSSR count). The summed E-state index contributed by atoms with van der Waals surface area (Å²) >= 11 is 0. The first-order chi connectivity index (χ1) is 6.52. The maximum atomic E-state index is 5.35. The average molecular weight is 199 g/mol. The van der Waals surface area contributed by atoms with E-state index in [1.807, 2.05) is 0 Å². The first-order valence-electron chi connectivity index (χ1n) is 5.81. The molecule has 0 amide bonds. The van der Waals surface area contributed by atoms with Gasteiger partial charge < -0.3 is 10.1 Å². The molecular weight excluding hydrogens is 174 g/mol. The number of nitrogens with one attached hydrogen (secondary N) is 1. The standard InChI is InChI=1S/C12H25NO/c1-10(2)12(3,4)9-13-7-11-5-6-14-8-11/h10-11,13H,5-9H2,1-4H3. The van der Waals surface area contributed by atoms with Gasteiger partial charge in [-0.25, -0.2) is 0 Å². The molecule has 0 aromatic rings. The van der Waals surface area contributed by atoms with Crippen molar-refractivity contribution in [2.75, 3.05) is 26.3 Å². The quantitative estimate of drug-likeness (QED) is 0.733. The highest BCUT2D eigenvalue weighted by atomic mass is 16.5. The van der Waals surface area contributed by atoms with Crippen molar-refractivity contribution in [1.82, 2.24) is 5.32 Å². The smallest absolute Gasteiger partial charge is 0.0507 e. The lowest BCUT2D eigenvalue weighted by atomic mass is 9.81. The molecule has 1 atom stereocenters. The van der Waals surface area contributed by atoms with Crippen molar-refractivity contribution in [2.24, 2.45) is 17.3 Å². The van der Waals surface area contributed by atoms with E-state index in [4.69, 9.17) is 4.74 Å². The normalized spacial score (nSPS) is 23.4. The number of rotatable bonds is 5. The number of hydrogen-bond donors (Lipinski definition) is 1. The predicted octanol–water partition coefficient (Wildman–Crippen LogP) is 2.29. The van der Waals surface area contributed by atoms with Crippen LogP contribution in [0.1, 0.15) is 34.1 Å². The van der Waals surface area contributed by atoms with Crippen LogP contribution in [-0.2, 0) is 4.74 Å². The summed E-state index contributed by atoms with van der Waals surface area (Å²) in [5, 5.41) is 3.57. The van der Waals surface area contributed by atoms with Crippen molar-refractivity contribution in [3.05, 3.63) is 0 Å². The molecule has 0 aromatic carbocycles. The highest BCUT2D eigenvalue weighted by molar-refractivity contribution is 4.76. The van der Waals surface area contributed by atoms with Gasteiger partial charge in [0, 0.05) is 19.7 Å². The zero-order chi connectivity index (χ0) is 10.6. The molecule has 0 spiro atoms. The van der Waals surface area contributed by atoms with Gasteiger partial charge in [-0.3, -0.25) is 0 Å². The molecule has 1 N–H and O–H groups in total. The van der Waals surface area contributed by atoms with E-state index in [1.54, 1.807) is 0 Å². The van der Waals surface area contributed by atoms with Crippen LogP contribution in [0.25, 0.3) is 0 Å². The van der Waals surface area contributed by atoms with E-state index < -0.39 is 0 Å². The minimum Gasteiger partial charge on any atom is -0.381 e. The summed E-state index contributed by atoms with van der Waals surface area (Å²) in [6.07, 6.45) is 1.23. The molecule has 1 heterocycles. The van der Waals surface area contributed by atoms with Crippen LogP contribution in [0.3, 0.4) is 0 Å². The van der Waals surface area contributed by atoms with E-state index in [-0.39, 0.29) is 0 Å². The number of hydrogen-bond acceptors (Lipinski definition) is 2. The Kier molecular flexibility index (Phi) is 4.39. The predicted molar refractivity (Wildman–Crippen MR) is 60.4 cm³/mol. The zero-order valence-corrected chi connectivity index (χ0v) is 10.1. The summed E-state index contributed by atoms with van der Waals surface area (Å²) in [4.78, 5) is 0. The Hall–Kier alpha value is -0.0800. The fourth-order valence-corrected chi connectivity index (χ4v) is 1.55. The lowest BCUT2D eigenvalue weighted by Gasteiger charge is -2.30. The van der Waals surface area contributed by atoms with Gasteiger partial charge in [-0.2, -0.15) is 0 Å². The lowest BCUT2D eigenvalue weighted by molar-refractivity contribution is 0.182. The average Bonchev–Trinajstić information content (AvgIpc) is 2.56. The molecule has 1 saturated heterocycles. The zero-order valence-electron chi connectivity index (χ0n) is 10.1. The molecule has 1 aliphatic heterocycles. The van der Waals surface area contributed by atoms with Crippen LogP contribution in [0.2, 0.25) is 0 Å². The second-order valence-corrected chi connectivity index (χ2v) is 5.50. The Morgan fingerprint density at radius 1 is 1.43 bits per heavy atom. The Bertz CT molecular complexity index is 160. The topological polar surface area (TPSA) is 21.3 Å². The molecule has 2 nitrogen and oxygen atoms in total. The molecule has 0 aliphatic carbocycles. The van der Waals surface area contributed by atoms with Crippen molar-refractivity contribution < 1.29 is 4.74 Å². The molecule has 0 aromatic heterocycles. The van der Waals surface area contributed by atoms with Crippen LogP contribution in [0, 0.1) is 17.3 Å². The Balaban J connectivity index is 2.13. The highest BCUT2D eigenvalue weighted by Crippen LogP contribution is 2.24. The van der Waals surface area contributed by atoms with E-state index in [1.165, 1.54) is 6.42 Å². The summed E-state index contributed by atoms with van der Waals surface area (Å²) in [6, 6.07) is 0. The van der Waals surface area contributed by atoms with Gasteiger partial charge in [-0.1, -0.05) is 27.7 Å².